The Bertz CT molecular complexity index is 1750. The summed E-state index contributed by atoms with van der Waals surface area (Å²) in [5, 5.41) is 6.91. The first kappa shape index (κ1) is 28.6. The van der Waals surface area contributed by atoms with E-state index in [1.165, 1.54) is 30.3 Å². The van der Waals surface area contributed by atoms with Crippen molar-refractivity contribution >= 4 is 40.6 Å². The maximum atomic E-state index is 14.8. The predicted molar refractivity (Wildman–Crippen MR) is 163 cm³/mol. The molecule has 1 aromatic heterocycles. The lowest BCUT2D eigenvalue weighted by Gasteiger charge is -2.36. The third kappa shape index (κ3) is 5.91. The summed E-state index contributed by atoms with van der Waals surface area (Å²) >= 11 is 6.31. The van der Waals surface area contributed by atoms with Gasteiger partial charge in [0.15, 0.2) is 5.96 Å². The van der Waals surface area contributed by atoms with Crippen molar-refractivity contribution in [2.45, 2.75) is 32.5 Å². The molecule has 2 unspecified atom stereocenters. The number of aromatic nitrogens is 2. The Kier molecular flexibility index (Phi) is 7.76. The zero-order chi connectivity index (χ0) is 30.2. The average Bonchev–Trinajstić information content (AvgIpc) is 3.11. The molecule has 3 aromatic carbocycles. The summed E-state index contributed by atoms with van der Waals surface area (Å²) in [4.78, 5) is 20.0. The van der Waals surface area contributed by atoms with Gasteiger partial charge in [0, 0.05) is 58.8 Å². The van der Waals surface area contributed by atoms with Crippen molar-refractivity contribution in [1.29, 1.82) is 0 Å². The summed E-state index contributed by atoms with van der Waals surface area (Å²) in [6.07, 6.45) is 1.60. The van der Waals surface area contributed by atoms with Gasteiger partial charge in [-0.15, -0.1) is 0 Å². The Morgan fingerprint density at radius 2 is 1.74 bits per heavy atom. The van der Waals surface area contributed by atoms with Crippen molar-refractivity contribution < 1.29 is 13.2 Å². The monoisotopic (exact) mass is 604 g/mol. The molecule has 0 spiro atoms. The normalized spacial score (nSPS) is 18.4. The Balaban J connectivity index is 1.33. The molecule has 6 rings (SSSR count). The van der Waals surface area contributed by atoms with Crippen LogP contribution in [0.5, 0.6) is 0 Å². The van der Waals surface area contributed by atoms with E-state index >= 15 is 0 Å². The molecule has 43 heavy (non-hydrogen) atoms. The summed E-state index contributed by atoms with van der Waals surface area (Å²) in [6.45, 7) is 5.51. The largest absolute Gasteiger partial charge is 0.369 e. The van der Waals surface area contributed by atoms with Gasteiger partial charge in [-0.25, -0.2) is 28.1 Å². The second kappa shape index (κ2) is 11.7. The van der Waals surface area contributed by atoms with Crippen molar-refractivity contribution in [2.75, 3.05) is 18.4 Å². The molecule has 2 aliphatic heterocycles. The minimum atomic E-state index is -0.736. The van der Waals surface area contributed by atoms with Gasteiger partial charge in [0.05, 0.1) is 23.5 Å². The van der Waals surface area contributed by atoms with Crippen LogP contribution in [0.3, 0.4) is 0 Å². The minimum absolute atomic E-state index is 0.0704. The number of rotatable bonds is 4. The van der Waals surface area contributed by atoms with Gasteiger partial charge in [0.25, 0.3) is 0 Å². The molecular formula is C31H28ClF3N8. The molecule has 3 heterocycles. The minimum Gasteiger partial charge on any atom is -0.369 e. The summed E-state index contributed by atoms with van der Waals surface area (Å²) in [7, 11) is 0. The van der Waals surface area contributed by atoms with Crippen LogP contribution in [0.1, 0.15) is 30.5 Å². The molecular weight excluding hydrogens is 577 g/mol. The second-order valence-electron chi connectivity index (χ2n) is 10.7. The summed E-state index contributed by atoms with van der Waals surface area (Å²) in [6, 6.07) is 13.5. The molecule has 0 radical (unpaired) electrons. The van der Waals surface area contributed by atoms with E-state index in [2.05, 4.69) is 39.4 Å². The van der Waals surface area contributed by atoms with Crippen LogP contribution in [0.25, 0.3) is 11.3 Å². The van der Waals surface area contributed by atoms with Crippen molar-refractivity contribution in [3.63, 3.8) is 0 Å². The lowest BCUT2D eigenvalue weighted by atomic mass is 9.95. The smallest absolute Gasteiger partial charge is 0.227 e. The van der Waals surface area contributed by atoms with Crippen molar-refractivity contribution in [2.24, 2.45) is 15.7 Å². The highest BCUT2D eigenvalue weighted by molar-refractivity contribution is 6.31. The van der Waals surface area contributed by atoms with Crippen LogP contribution in [-0.2, 0) is 6.54 Å². The van der Waals surface area contributed by atoms with E-state index < -0.39 is 17.5 Å². The highest BCUT2D eigenvalue weighted by Crippen LogP contribution is 2.35. The third-order valence-electron chi connectivity index (χ3n) is 7.28. The van der Waals surface area contributed by atoms with Gasteiger partial charge < -0.3 is 21.3 Å². The van der Waals surface area contributed by atoms with Crippen LogP contribution in [0, 0.1) is 17.5 Å². The number of benzene rings is 3. The molecule has 4 aromatic rings. The number of halogens is 4. The molecule has 2 aliphatic rings. The zero-order valence-electron chi connectivity index (χ0n) is 23.4. The van der Waals surface area contributed by atoms with Crippen LogP contribution in [0.4, 0.5) is 30.5 Å². The Hall–Kier alpha value is -4.48. The number of aliphatic imine (C=N–C) groups is 2. The van der Waals surface area contributed by atoms with E-state index in [1.807, 2.05) is 4.90 Å². The SMILES string of the molecule is CC1CN(C(N)=Nc2cc(Nc3ncc4c(n3)-c3ccc(Cl)cc3C(c3c(F)cccc3F)=NC4)ccc2F)CC(C)N1. The van der Waals surface area contributed by atoms with E-state index in [0.717, 1.165) is 0 Å². The van der Waals surface area contributed by atoms with E-state index in [1.54, 1.807) is 30.5 Å². The molecule has 1 saturated heterocycles. The first-order valence-corrected chi connectivity index (χ1v) is 14.1. The van der Waals surface area contributed by atoms with Crippen molar-refractivity contribution in [3.05, 3.63) is 100.0 Å². The molecule has 1 fully saturated rings. The first-order chi connectivity index (χ1) is 20.7. The Morgan fingerprint density at radius 1 is 1.00 bits per heavy atom. The van der Waals surface area contributed by atoms with Crippen LogP contribution in [-0.4, -0.2) is 51.7 Å². The van der Waals surface area contributed by atoms with Crippen LogP contribution in [0.2, 0.25) is 5.02 Å². The molecule has 2 atom stereocenters. The van der Waals surface area contributed by atoms with Gasteiger partial charge in [-0.1, -0.05) is 23.7 Å². The van der Waals surface area contributed by atoms with Gasteiger partial charge in [-0.2, -0.15) is 0 Å². The molecule has 0 amide bonds. The van der Waals surface area contributed by atoms with Gasteiger partial charge >= 0.3 is 0 Å². The fourth-order valence-electron chi connectivity index (χ4n) is 5.44. The number of nitrogens with two attached hydrogens (primary N) is 1. The number of nitrogens with zero attached hydrogens (tertiary/aromatic N) is 5. The fourth-order valence-corrected chi connectivity index (χ4v) is 5.61. The van der Waals surface area contributed by atoms with Gasteiger partial charge in [0.1, 0.15) is 23.1 Å². The number of anilines is 2. The molecule has 0 bridgehead atoms. The molecule has 4 N–H and O–H groups in total. The quantitative estimate of drug-likeness (QED) is 0.197. The van der Waals surface area contributed by atoms with Crippen molar-refractivity contribution in [1.82, 2.24) is 20.2 Å². The number of guanidine groups is 1. The second-order valence-corrected chi connectivity index (χ2v) is 11.1. The van der Waals surface area contributed by atoms with E-state index in [9.17, 15) is 13.2 Å². The summed E-state index contributed by atoms with van der Waals surface area (Å²) < 4.78 is 44.4. The highest BCUT2D eigenvalue weighted by atomic mass is 35.5. The summed E-state index contributed by atoms with van der Waals surface area (Å²) in [5.41, 5.74) is 8.90. The predicted octanol–water partition coefficient (Wildman–Crippen LogP) is 5.94. The molecule has 8 nitrogen and oxygen atoms in total. The lowest BCUT2D eigenvalue weighted by molar-refractivity contribution is 0.253. The Labute approximate surface area is 251 Å². The van der Waals surface area contributed by atoms with Gasteiger partial charge in [0.2, 0.25) is 5.95 Å². The number of hydrogen-bond donors (Lipinski definition) is 3. The van der Waals surface area contributed by atoms with Crippen molar-refractivity contribution in [3.8, 4) is 11.3 Å². The maximum Gasteiger partial charge on any atom is 0.227 e. The number of nitrogens with one attached hydrogen (secondary N) is 2. The number of piperazine rings is 1. The third-order valence-corrected chi connectivity index (χ3v) is 7.52. The molecule has 0 saturated carbocycles. The average molecular weight is 605 g/mol. The van der Waals surface area contributed by atoms with E-state index in [4.69, 9.17) is 22.3 Å². The Morgan fingerprint density at radius 3 is 2.49 bits per heavy atom. The number of fused-ring (bicyclic) bond motifs is 3. The standard InChI is InChI=1S/C31H28ClF3N8/c1-16-14-43(15-17(2)39-16)30(36)41-26-11-20(7-9-23(26)33)40-31-38-13-18-12-37-29(27-24(34)4-3-5-25(27)35)22-10-19(32)6-8-21(22)28(18)42-31/h3-11,13,16-17,39H,12,14-15H2,1-2H3,(H2,36,41)(H,38,40,42). The van der Waals surface area contributed by atoms with Gasteiger partial charge in [-0.05, 0) is 56.3 Å². The lowest BCUT2D eigenvalue weighted by Crippen LogP contribution is -2.57. The fraction of sp³-hybridized carbons (Fsp3) is 0.226. The number of hydrogen-bond acceptors (Lipinski definition) is 6. The topological polar surface area (TPSA) is 104 Å². The first-order valence-electron chi connectivity index (χ1n) is 13.7. The highest BCUT2D eigenvalue weighted by Gasteiger charge is 2.26. The molecule has 220 valence electrons. The van der Waals surface area contributed by atoms with Crippen LogP contribution >= 0.6 is 11.6 Å². The van der Waals surface area contributed by atoms with Crippen LogP contribution in [0.15, 0.2) is 70.8 Å². The van der Waals surface area contributed by atoms with Crippen LogP contribution < -0.4 is 16.4 Å². The summed E-state index contributed by atoms with van der Waals surface area (Å²) in [5.74, 6) is -1.54. The van der Waals surface area contributed by atoms with E-state index in [0.29, 0.717) is 46.2 Å². The molecule has 0 aliphatic carbocycles. The molecule has 12 heteroatoms. The van der Waals surface area contributed by atoms with E-state index in [-0.39, 0.29) is 47.5 Å². The maximum absolute atomic E-state index is 14.8. The zero-order valence-corrected chi connectivity index (χ0v) is 24.1. The van der Waals surface area contributed by atoms with Gasteiger partial charge in [-0.3, -0.25) is 4.99 Å².